The summed E-state index contributed by atoms with van der Waals surface area (Å²) in [4.78, 5) is 13.9. The summed E-state index contributed by atoms with van der Waals surface area (Å²) in [6.07, 6.45) is 1.27. The molecule has 1 aromatic carbocycles. The van der Waals surface area contributed by atoms with E-state index < -0.39 is 23.3 Å². The van der Waals surface area contributed by atoms with Crippen molar-refractivity contribution in [1.82, 2.24) is 4.90 Å². The second-order valence-corrected chi connectivity index (χ2v) is 8.02. The second-order valence-electron chi connectivity index (χ2n) is 8.02. The fourth-order valence-electron chi connectivity index (χ4n) is 4.45. The van der Waals surface area contributed by atoms with Crippen LogP contribution in [0.5, 0.6) is 5.75 Å². The van der Waals surface area contributed by atoms with Crippen molar-refractivity contribution in [3.8, 4) is 24.0 Å². The molecule has 1 aliphatic carbocycles. The maximum absolute atomic E-state index is 12.4. The van der Waals surface area contributed by atoms with E-state index in [-0.39, 0.29) is 37.1 Å². The van der Waals surface area contributed by atoms with Gasteiger partial charge in [0, 0.05) is 24.9 Å². The average Bonchev–Trinajstić information content (AvgIpc) is 2.78. The van der Waals surface area contributed by atoms with Gasteiger partial charge >= 0.3 is 6.09 Å². The number of nitrogens with zero attached hydrogens (tertiary/aromatic N) is 4. The molecule has 164 valence electrons. The van der Waals surface area contributed by atoms with Gasteiger partial charge in [0.1, 0.15) is 11.8 Å². The van der Waals surface area contributed by atoms with Crippen LogP contribution in [-0.2, 0) is 4.74 Å². The van der Waals surface area contributed by atoms with Crippen molar-refractivity contribution in [2.45, 2.75) is 32.8 Å². The Morgan fingerprint density at radius 2 is 1.91 bits per heavy atom. The summed E-state index contributed by atoms with van der Waals surface area (Å²) in [5, 5.41) is 30.1. The number of fused-ring (bicyclic) bond motifs is 1. The molecule has 2 aliphatic rings. The predicted octanol–water partition coefficient (Wildman–Crippen LogP) is 3.36. The molecule has 0 bridgehead atoms. The lowest BCUT2D eigenvalue weighted by Crippen LogP contribution is -2.49. The topological polar surface area (TPSA) is 136 Å². The first kappa shape index (κ1) is 22.7. The lowest BCUT2D eigenvalue weighted by Gasteiger charge is -2.45. The Labute approximate surface area is 187 Å². The molecular weight excluding hydrogens is 406 g/mol. The quantitative estimate of drug-likeness (QED) is 0.772. The van der Waals surface area contributed by atoms with Crippen LogP contribution in [0.3, 0.4) is 0 Å². The van der Waals surface area contributed by atoms with Gasteiger partial charge in [-0.15, -0.1) is 0 Å². The molecule has 2 N–H and O–H groups in total. The maximum atomic E-state index is 12.4. The van der Waals surface area contributed by atoms with Crippen molar-refractivity contribution in [2.75, 3.05) is 19.7 Å². The lowest BCUT2D eigenvalue weighted by atomic mass is 9.58. The Kier molecular flexibility index (Phi) is 6.42. The van der Waals surface area contributed by atoms with Gasteiger partial charge in [-0.25, -0.2) is 4.79 Å². The molecule has 8 heteroatoms. The first-order chi connectivity index (χ1) is 15.3. The molecular formula is C24H25N5O3. The third-order valence-corrected chi connectivity index (χ3v) is 5.80. The zero-order valence-corrected chi connectivity index (χ0v) is 18.3. The summed E-state index contributed by atoms with van der Waals surface area (Å²) in [6.45, 7) is 6.24. The number of amides is 1. The molecule has 0 spiro atoms. The summed E-state index contributed by atoms with van der Waals surface area (Å²) < 4.78 is 10.9. The highest BCUT2D eigenvalue weighted by molar-refractivity contribution is 5.69. The maximum Gasteiger partial charge on any atom is 0.410 e. The van der Waals surface area contributed by atoms with E-state index in [1.54, 1.807) is 37.3 Å². The Balaban J connectivity index is 2.17. The SMILES string of the molecule is CCOC(=O)N1CC=C2C(C#N)=C(N)C(C#N)(C#N)[C@H](c3ccc(OC(C)C)cc3)[C@@H]2C1. The van der Waals surface area contributed by atoms with Gasteiger partial charge in [0.05, 0.1) is 36.1 Å². The van der Waals surface area contributed by atoms with Gasteiger partial charge in [0.25, 0.3) is 0 Å². The number of benzene rings is 1. The summed E-state index contributed by atoms with van der Waals surface area (Å²) in [7, 11) is 0. The van der Waals surface area contributed by atoms with Crippen molar-refractivity contribution < 1.29 is 14.3 Å². The van der Waals surface area contributed by atoms with Crippen molar-refractivity contribution in [2.24, 2.45) is 17.1 Å². The summed E-state index contributed by atoms with van der Waals surface area (Å²) in [6, 6.07) is 13.4. The fraction of sp³-hybridized carbons (Fsp3) is 0.417. The number of allylic oxidation sites excluding steroid dienone is 2. The number of hydrogen-bond acceptors (Lipinski definition) is 7. The Bertz CT molecular complexity index is 1070. The van der Waals surface area contributed by atoms with Crippen molar-refractivity contribution in [3.63, 3.8) is 0 Å². The number of nitrogens with two attached hydrogens (primary N) is 1. The number of carbonyl (C=O) groups excluding carboxylic acids is 1. The minimum atomic E-state index is -1.76. The van der Waals surface area contributed by atoms with Gasteiger partial charge in [-0.05, 0) is 44.0 Å². The molecule has 0 fully saturated rings. The van der Waals surface area contributed by atoms with Gasteiger partial charge in [-0.3, -0.25) is 0 Å². The van der Waals surface area contributed by atoms with E-state index in [1.165, 1.54) is 4.90 Å². The molecule has 0 saturated carbocycles. The molecule has 1 heterocycles. The Morgan fingerprint density at radius 3 is 2.44 bits per heavy atom. The van der Waals surface area contributed by atoms with E-state index in [2.05, 4.69) is 18.2 Å². The Morgan fingerprint density at radius 1 is 1.25 bits per heavy atom. The lowest BCUT2D eigenvalue weighted by molar-refractivity contribution is 0.0999. The zero-order chi connectivity index (χ0) is 23.5. The molecule has 2 atom stereocenters. The van der Waals surface area contributed by atoms with Crippen LogP contribution in [0.2, 0.25) is 0 Å². The van der Waals surface area contributed by atoms with Gasteiger partial charge in [-0.2, -0.15) is 15.8 Å². The number of nitriles is 3. The van der Waals surface area contributed by atoms with Crippen LogP contribution >= 0.6 is 0 Å². The van der Waals surface area contributed by atoms with Crippen molar-refractivity contribution >= 4 is 6.09 Å². The van der Waals surface area contributed by atoms with Crippen LogP contribution in [0.25, 0.3) is 0 Å². The molecule has 1 aliphatic heterocycles. The van der Waals surface area contributed by atoms with Crippen LogP contribution < -0.4 is 10.5 Å². The fourth-order valence-corrected chi connectivity index (χ4v) is 4.45. The largest absolute Gasteiger partial charge is 0.491 e. The van der Waals surface area contributed by atoms with E-state index in [0.29, 0.717) is 16.9 Å². The average molecular weight is 431 g/mol. The number of rotatable bonds is 4. The van der Waals surface area contributed by atoms with Crippen LogP contribution in [0.4, 0.5) is 4.79 Å². The van der Waals surface area contributed by atoms with E-state index >= 15 is 0 Å². The minimum absolute atomic E-state index is 0.00406. The Hall–Kier alpha value is -3.96. The molecule has 0 unspecified atom stereocenters. The number of hydrogen-bond donors (Lipinski definition) is 1. The standard InChI is InChI=1S/C24H25N5O3/c1-4-31-23(30)29-10-9-18-19(11-25)22(28)24(13-26,14-27)21(20(18)12-29)16-5-7-17(8-6-16)32-15(2)3/h5-9,15,20-21H,4,10,12,28H2,1-3H3/t20-,21-/m1/s1. The molecule has 0 aromatic heterocycles. The summed E-state index contributed by atoms with van der Waals surface area (Å²) >= 11 is 0. The van der Waals surface area contributed by atoms with E-state index in [0.717, 1.165) is 0 Å². The van der Waals surface area contributed by atoms with Crippen LogP contribution in [0, 0.1) is 45.3 Å². The molecule has 32 heavy (non-hydrogen) atoms. The van der Waals surface area contributed by atoms with Crippen molar-refractivity contribution in [3.05, 3.63) is 52.7 Å². The summed E-state index contributed by atoms with van der Waals surface area (Å²) in [5.74, 6) is -0.509. The highest BCUT2D eigenvalue weighted by Crippen LogP contribution is 2.54. The summed E-state index contributed by atoms with van der Waals surface area (Å²) in [5.41, 5.74) is 5.98. The van der Waals surface area contributed by atoms with Crippen LogP contribution in [0.1, 0.15) is 32.3 Å². The van der Waals surface area contributed by atoms with E-state index in [9.17, 15) is 20.6 Å². The number of ether oxygens (including phenoxy) is 2. The predicted molar refractivity (Wildman–Crippen MR) is 116 cm³/mol. The normalized spacial score (nSPS) is 21.5. The first-order valence-electron chi connectivity index (χ1n) is 10.4. The third kappa shape index (κ3) is 3.74. The van der Waals surface area contributed by atoms with Crippen molar-refractivity contribution in [1.29, 1.82) is 15.8 Å². The molecule has 1 aromatic rings. The molecule has 8 nitrogen and oxygen atoms in total. The zero-order valence-electron chi connectivity index (χ0n) is 18.3. The molecule has 0 radical (unpaired) electrons. The van der Waals surface area contributed by atoms with Crippen LogP contribution in [0.15, 0.2) is 47.2 Å². The first-order valence-corrected chi connectivity index (χ1v) is 10.4. The second kappa shape index (κ2) is 9.04. The number of carbonyl (C=O) groups is 1. The van der Waals surface area contributed by atoms with E-state index in [1.807, 2.05) is 13.8 Å². The van der Waals surface area contributed by atoms with Crippen LogP contribution in [-0.4, -0.2) is 36.8 Å². The monoisotopic (exact) mass is 431 g/mol. The highest BCUT2D eigenvalue weighted by atomic mass is 16.6. The molecule has 0 saturated heterocycles. The van der Waals surface area contributed by atoms with Gasteiger partial charge in [-0.1, -0.05) is 18.2 Å². The van der Waals surface area contributed by atoms with Gasteiger partial charge in [0.15, 0.2) is 5.41 Å². The van der Waals surface area contributed by atoms with Gasteiger partial charge in [0.2, 0.25) is 0 Å². The van der Waals surface area contributed by atoms with Gasteiger partial charge < -0.3 is 20.1 Å². The molecule has 3 rings (SSSR count). The smallest absolute Gasteiger partial charge is 0.410 e. The van der Waals surface area contributed by atoms with E-state index in [4.69, 9.17) is 15.2 Å². The third-order valence-electron chi connectivity index (χ3n) is 5.80. The molecule has 1 amide bonds. The highest BCUT2D eigenvalue weighted by Gasteiger charge is 2.54. The minimum Gasteiger partial charge on any atom is -0.491 e.